The second-order valence-corrected chi connectivity index (χ2v) is 4.90. The molecule has 8 nitrogen and oxygen atoms in total. The predicted octanol–water partition coefficient (Wildman–Crippen LogP) is 0.507. The largest absolute Gasteiger partial charge is 0.464 e. The Bertz CT molecular complexity index is 532. The van der Waals surface area contributed by atoms with Gasteiger partial charge in [0.05, 0.1) is 18.1 Å². The van der Waals surface area contributed by atoms with E-state index in [2.05, 4.69) is 5.32 Å². The van der Waals surface area contributed by atoms with Gasteiger partial charge < -0.3 is 14.6 Å². The summed E-state index contributed by atoms with van der Waals surface area (Å²) in [5.74, 6) is -0.441. The number of nitro benzene ring substituents is 1. The number of carbonyl (C=O) groups excluding carboxylic acids is 1. The standard InChI is InChI=1S/C13H16N2O6/c1-9(17)20-7-13(6-16)8-21-12(14-13)10-2-4-11(5-3-10)15(18)19/h2-5,12,14,16H,6-8H2,1H3. The van der Waals surface area contributed by atoms with Crippen LogP contribution in [0.4, 0.5) is 5.69 Å². The lowest BCUT2D eigenvalue weighted by atomic mass is 10.0. The summed E-state index contributed by atoms with van der Waals surface area (Å²) in [4.78, 5) is 21.0. The van der Waals surface area contributed by atoms with Crippen molar-refractivity contribution in [3.05, 3.63) is 39.9 Å². The Kier molecular flexibility index (Phi) is 4.51. The molecule has 0 aromatic heterocycles. The first-order valence-corrected chi connectivity index (χ1v) is 6.34. The van der Waals surface area contributed by atoms with E-state index >= 15 is 0 Å². The third-order valence-electron chi connectivity index (χ3n) is 3.22. The van der Waals surface area contributed by atoms with Gasteiger partial charge >= 0.3 is 5.97 Å². The van der Waals surface area contributed by atoms with Gasteiger partial charge in [0, 0.05) is 19.1 Å². The molecule has 114 valence electrons. The van der Waals surface area contributed by atoms with Gasteiger partial charge in [-0.15, -0.1) is 0 Å². The molecule has 1 heterocycles. The average Bonchev–Trinajstić information content (AvgIpc) is 2.90. The summed E-state index contributed by atoms with van der Waals surface area (Å²) >= 11 is 0. The van der Waals surface area contributed by atoms with Crippen LogP contribution in [0, 0.1) is 10.1 Å². The number of rotatable bonds is 5. The van der Waals surface area contributed by atoms with Crippen molar-refractivity contribution in [2.24, 2.45) is 0 Å². The molecule has 21 heavy (non-hydrogen) atoms. The molecule has 0 aliphatic carbocycles. The summed E-state index contributed by atoms with van der Waals surface area (Å²) < 4.78 is 10.5. The van der Waals surface area contributed by atoms with Crippen LogP contribution in [0.5, 0.6) is 0 Å². The van der Waals surface area contributed by atoms with Crippen LogP contribution in [-0.4, -0.2) is 41.4 Å². The Hall–Kier alpha value is -2.03. The number of esters is 1. The Morgan fingerprint density at radius 3 is 2.76 bits per heavy atom. The van der Waals surface area contributed by atoms with Gasteiger partial charge in [0.15, 0.2) is 0 Å². The minimum atomic E-state index is -0.863. The molecule has 0 radical (unpaired) electrons. The fourth-order valence-corrected chi connectivity index (χ4v) is 2.01. The van der Waals surface area contributed by atoms with Crippen molar-refractivity contribution in [2.75, 3.05) is 19.8 Å². The van der Waals surface area contributed by atoms with E-state index in [9.17, 15) is 20.0 Å². The zero-order valence-corrected chi connectivity index (χ0v) is 11.4. The SMILES string of the molecule is CC(=O)OCC1(CO)COC(c2ccc([N+](=O)[O-])cc2)N1. The van der Waals surface area contributed by atoms with Crippen LogP contribution < -0.4 is 5.32 Å². The van der Waals surface area contributed by atoms with Crippen LogP contribution in [0.25, 0.3) is 0 Å². The van der Waals surface area contributed by atoms with Crippen LogP contribution >= 0.6 is 0 Å². The quantitative estimate of drug-likeness (QED) is 0.462. The Labute approximate surface area is 120 Å². The highest BCUT2D eigenvalue weighted by molar-refractivity contribution is 5.66. The molecule has 0 spiro atoms. The Morgan fingerprint density at radius 2 is 2.24 bits per heavy atom. The first kappa shape index (κ1) is 15.4. The van der Waals surface area contributed by atoms with Gasteiger partial charge in [-0.2, -0.15) is 0 Å². The van der Waals surface area contributed by atoms with E-state index in [1.807, 2.05) is 0 Å². The molecular formula is C13H16N2O6. The summed E-state index contributed by atoms with van der Waals surface area (Å²) in [5, 5.41) is 23.2. The van der Waals surface area contributed by atoms with Crippen LogP contribution in [0.1, 0.15) is 18.7 Å². The topological polar surface area (TPSA) is 111 Å². The number of aliphatic hydroxyl groups is 1. The lowest BCUT2D eigenvalue weighted by Gasteiger charge is -2.25. The fourth-order valence-electron chi connectivity index (χ4n) is 2.01. The minimum absolute atomic E-state index is 0.00918. The summed E-state index contributed by atoms with van der Waals surface area (Å²) in [5.41, 5.74) is -0.179. The molecule has 1 aromatic rings. The first-order valence-electron chi connectivity index (χ1n) is 6.34. The molecule has 0 saturated carbocycles. The molecule has 1 saturated heterocycles. The van der Waals surface area contributed by atoms with Gasteiger partial charge in [0.2, 0.25) is 0 Å². The number of nitrogens with one attached hydrogen (secondary N) is 1. The van der Waals surface area contributed by atoms with E-state index < -0.39 is 22.7 Å². The van der Waals surface area contributed by atoms with Crippen molar-refractivity contribution >= 4 is 11.7 Å². The van der Waals surface area contributed by atoms with E-state index in [0.29, 0.717) is 5.56 Å². The first-order chi connectivity index (χ1) is 9.96. The van der Waals surface area contributed by atoms with Crippen LogP contribution in [-0.2, 0) is 14.3 Å². The third kappa shape index (κ3) is 3.54. The van der Waals surface area contributed by atoms with Gasteiger partial charge in [-0.05, 0) is 17.7 Å². The fraction of sp³-hybridized carbons (Fsp3) is 0.462. The number of non-ortho nitro benzene ring substituents is 1. The molecule has 1 aromatic carbocycles. The number of aliphatic hydroxyl groups excluding tert-OH is 1. The van der Waals surface area contributed by atoms with Crippen molar-refractivity contribution in [2.45, 2.75) is 18.7 Å². The second kappa shape index (κ2) is 6.17. The summed E-state index contributed by atoms with van der Waals surface area (Å²) in [6, 6.07) is 5.92. The van der Waals surface area contributed by atoms with Crippen molar-refractivity contribution in [1.82, 2.24) is 5.32 Å². The molecule has 0 amide bonds. The third-order valence-corrected chi connectivity index (χ3v) is 3.22. The molecule has 2 rings (SSSR count). The molecular weight excluding hydrogens is 280 g/mol. The van der Waals surface area contributed by atoms with E-state index in [-0.39, 0.29) is 25.5 Å². The zero-order valence-electron chi connectivity index (χ0n) is 11.4. The summed E-state index contributed by atoms with van der Waals surface area (Å²) in [7, 11) is 0. The molecule has 8 heteroatoms. The van der Waals surface area contributed by atoms with Crippen molar-refractivity contribution < 1.29 is 24.3 Å². The summed E-state index contributed by atoms with van der Waals surface area (Å²) in [6.07, 6.45) is -0.520. The van der Waals surface area contributed by atoms with Crippen molar-refractivity contribution in [1.29, 1.82) is 0 Å². The number of hydrogen-bond acceptors (Lipinski definition) is 7. The number of nitro groups is 1. The smallest absolute Gasteiger partial charge is 0.302 e. The monoisotopic (exact) mass is 296 g/mol. The maximum atomic E-state index is 10.9. The van der Waals surface area contributed by atoms with Crippen LogP contribution in [0.15, 0.2) is 24.3 Å². The van der Waals surface area contributed by atoms with Crippen molar-refractivity contribution in [3.63, 3.8) is 0 Å². The van der Waals surface area contributed by atoms with Crippen LogP contribution in [0.3, 0.4) is 0 Å². The maximum absolute atomic E-state index is 10.9. The second-order valence-electron chi connectivity index (χ2n) is 4.90. The minimum Gasteiger partial charge on any atom is -0.464 e. The Balaban J connectivity index is 2.06. The van der Waals surface area contributed by atoms with Gasteiger partial charge in [-0.3, -0.25) is 20.2 Å². The van der Waals surface area contributed by atoms with Crippen molar-refractivity contribution in [3.8, 4) is 0 Å². The van der Waals surface area contributed by atoms with Gasteiger partial charge in [-0.1, -0.05) is 0 Å². The molecule has 1 aliphatic heterocycles. The van der Waals surface area contributed by atoms with E-state index in [4.69, 9.17) is 9.47 Å². The molecule has 1 fully saturated rings. The van der Waals surface area contributed by atoms with E-state index in [0.717, 1.165) is 0 Å². The predicted molar refractivity (Wildman–Crippen MR) is 71.4 cm³/mol. The van der Waals surface area contributed by atoms with Crippen LogP contribution in [0.2, 0.25) is 0 Å². The number of ether oxygens (including phenoxy) is 2. The highest BCUT2D eigenvalue weighted by Crippen LogP contribution is 2.27. The van der Waals surface area contributed by atoms with E-state index in [1.165, 1.54) is 19.1 Å². The average molecular weight is 296 g/mol. The number of hydrogen-bond donors (Lipinski definition) is 2. The number of benzene rings is 1. The molecule has 1 aliphatic rings. The molecule has 2 atom stereocenters. The molecule has 0 bridgehead atoms. The summed E-state index contributed by atoms with van der Waals surface area (Å²) in [6.45, 7) is 1.18. The number of carbonyl (C=O) groups is 1. The van der Waals surface area contributed by atoms with Gasteiger partial charge in [0.25, 0.3) is 5.69 Å². The number of nitrogens with zero attached hydrogens (tertiary/aromatic N) is 1. The zero-order chi connectivity index (χ0) is 15.5. The highest BCUT2D eigenvalue weighted by atomic mass is 16.6. The van der Waals surface area contributed by atoms with Gasteiger partial charge in [-0.25, -0.2) is 0 Å². The maximum Gasteiger partial charge on any atom is 0.302 e. The molecule has 2 N–H and O–H groups in total. The highest BCUT2D eigenvalue weighted by Gasteiger charge is 2.40. The lowest BCUT2D eigenvalue weighted by molar-refractivity contribution is -0.384. The van der Waals surface area contributed by atoms with Gasteiger partial charge in [0.1, 0.15) is 18.4 Å². The Morgan fingerprint density at radius 1 is 1.57 bits per heavy atom. The lowest BCUT2D eigenvalue weighted by Crippen LogP contribution is -2.50. The normalized spacial score (nSPS) is 24.8. The molecule has 2 unspecified atom stereocenters. The van der Waals surface area contributed by atoms with E-state index in [1.54, 1.807) is 12.1 Å².